The Labute approximate surface area is 98.7 Å². The SMILES string of the molecule is Cc1cccnc1NC(=O)c1ccnc(N)c1. The highest BCUT2D eigenvalue weighted by molar-refractivity contribution is 6.04. The third kappa shape index (κ3) is 2.57. The molecule has 2 rings (SSSR count). The van der Waals surface area contributed by atoms with Crippen molar-refractivity contribution in [3.05, 3.63) is 47.8 Å². The molecule has 0 aliphatic heterocycles. The highest BCUT2D eigenvalue weighted by atomic mass is 16.1. The average Bonchev–Trinajstić information content (AvgIpc) is 2.32. The summed E-state index contributed by atoms with van der Waals surface area (Å²) in [5, 5.41) is 2.72. The van der Waals surface area contributed by atoms with Crippen molar-refractivity contribution in [2.75, 3.05) is 11.1 Å². The molecule has 0 aromatic carbocycles. The van der Waals surface area contributed by atoms with Crippen LogP contribution in [0.5, 0.6) is 0 Å². The number of carbonyl (C=O) groups excluding carboxylic acids is 1. The second-order valence-electron chi connectivity index (χ2n) is 3.59. The van der Waals surface area contributed by atoms with Crippen LogP contribution in [0, 0.1) is 6.92 Å². The molecule has 2 heterocycles. The molecule has 0 radical (unpaired) electrons. The number of anilines is 2. The molecule has 0 fully saturated rings. The van der Waals surface area contributed by atoms with E-state index in [0.717, 1.165) is 5.56 Å². The third-order valence-corrected chi connectivity index (χ3v) is 2.28. The Bertz CT molecular complexity index is 554. The number of aryl methyl sites for hydroxylation is 1. The summed E-state index contributed by atoms with van der Waals surface area (Å²) >= 11 is 0. The zero-order chi connectivity index (χ0) is 12.3. The molecule has 0 aliphatic carbocycles. The first kappa shape index (κ1) is 11.1. The van der Waals surface area contributed by atoms with Crippen LogP contribution >= 0.6 is 0 Å². The van der Waals surface area contributed by atoms with E-state index in [1.54, 1.807) is 12.3 Å². The van der Waals surface area contributed by atoms with Gasteiger partial charge in [-0.15, -0.1) is 0 Å². The molecule has 5 nitrogen and oxygen atoms in total. The number of pyridine rings is 2. The van der Waals surface area contributed by atoms with Crippen LogP contribution in [0.15, 0.2) is 36.7 Å². The van der Waals surface area contributed by atoms with Gasteiger partial charge in [0.05, 0.1) is 0 Å². The predicted molar refractivity (Wildman–Crippen MR) is 65.6 cm³/mol. The third-order valence-electron chi connectivity index (χ3n) is 2.28. The summed E-state index contributed by atoms with van der Waals surface area (Å²) in [6, 6.07) is 6.82. The van der Waals surface area contributed by atoms with Gasteiger partial charge in [0, 0.05) is 18.0 Å². The summed E-state index contributed by atoms with van der Waals surface area (Å²) in [6.45, 7) is 1.88. The molecule has 1 amide bonds. The lowest BCUT2D eigenvalue weighted by atomic mass is 10.2. The minimum absolute atomic E-state index is 0.249. The van der Waals surface area contributed by atoms with Crippen LogP contribution in [0.1, 0.15) is 15.9 Å². The Balaban J connectivity index is 2.20. The van der Waals surface area contributed by atoms with Crippen molar-refractivity contribution in [1.29, 1.82) is 0 Å². The van der Waals surface area contributed by atoms with Gasteiger partial charge in [0.15, 0.2) is 0 Å². The zero-order valence-corrected chi connectivity index (χ0v) is 9.34. The molecule has 0 unspecified atom stereocenters. The maximum absolute atomic E-state index is 11.9. The van der Waals surface area contributed by atoms with Crippen LogP contribution in [-0.4, -0.2) is 15.9 Å². The molecule has 3 N–H and O–H groups in total. The lowest BCUT2D eigenvalue weighted by molar-refractivity contribution is 0.102. The molecule has 86 valence electrons. The summed E-state index contributed by atoms with van der Waals surface area (Å²) in [6.07, 6.45) is 3.12. The van der Waals surface area contributed by atoms with Crippen LogP contribution in [0.25, 0.3) is 0 Å². The number of nitrogens with two attached hydrogens (primary N) is 1. The highest BCUT2D eigenvalue weighted by Gasteiger charge is 2.08. The van der Waals surface area contributed by atoms with Crippen molar-refractivity contribution in [3.63, 3.8) is 0 Å². The lowest BCUT2D eigenvalue weighted by Gasteiger charge is -2.06. The number of nitrogen functional groups attached to an aromatic ring is 1. The number of hydrogen-bond acceptors (Lipinski definition) is 4. The van der Waals surface area contributed by atoms with Crippen LogP contribution in [0.4, 0.5) is 11.6 Å². The highest BCUT2D eigenvalue weighted by Crippen LogP contribution is 2.11. The fourth-order valence-electron chi connectivity index (χ4n) is 1.39. The predicted octanol–water partition coefficient (Wildman–Crippen LogP) is 1.62. The van der Waals surface area contributed by atoms with Gasteiger partial charge in [-0.2, -0.15) is 0 Å². The summed E-state index contributed by atoms with van der Waals surface area (Å²) in [7, 11) is 0. The van der Waals surface area contributed by atoms with E-state index in [1.807, 2.05) is 19.1 Å². The molecular formula is C12H12N4O. The molecule has 2 aromatic heterocycles. The number of rotatable bonds is 2. The van der Waals surface area contributed by atoms with E-state index in [-0.39, 0.29) is 5.91 Å². The summed E-state index contributed by atoms with van der Waals surface area (Å²) < 4.78 is 0. The van der Waals surface area contributed by atoms with Gasteiger partial charge in [0.2, 0.25) is 0 Å². The van der Waals surface area contributed by atoms with E-state index in [4.69, 9.17) is 5.73 Å². The van der Waals surface area contributed by atoms with Crippen molar-refractivity contribution >= 4 is 17.5 Å². The van der Waals surface area contributed by atoms with Crippen molar-refractivity contribution in [1.82, 2.24) is 9.97 Å². The molecular weight excluding hydrogens is 216 g/mol. The maximum Gasteiger partial charge on any atom is 0.257 e. The van der Waals surface area contributed by atoms with Crippen molar-refractivity contribution in [3.8, 4) is 0 Å². The van der Waals surface area contributed by atoms with Crippen LogP contribution in [0.3, 0.4) is 0 Å². The molecule has 0 atom stereocenters. The van der Waals surface area contributed by atoms with Gasteiger partial charge in [-0.1, -0.05) is 6.07 Å². The van der Waals surface area contributed by atoms with Crippen LogP contribution < -0.4 is 11.1 Å². The summed E-state index contributed by atoms with van der Waals surface area (Å²) in [4.78, 5) is 19.8. The first-order chi connectivity index (χ1) is 8.16. The topological polar surface area (TPSA) is 80.9 Å². The number of aromatic nitrogens is 2. The lowest BCUT2D eigenvalue weighted by Crippen LogP contribution is -2.14. The van der Waals surface area contributed by atoms with E-state index in [0.29, 0.717) is 17.2 Å². The zero-order valence-electron chi connectivity index (χ0n) is 9.34. The standard InChI is InChI=1S/C12H12N4O/c1-8-3-2-5-15-11(8)16-12(17)9-4-6-14-10(13)7-9/h2-7H,1H3,(H2,13,14)(H,15,16,17). The minimum atomic E-state index is -0.249. The van der Waals surface area contributed by atoms with Gasteiger partial charge in [-0.05, 0) is 30.7 Å². The van der Waals surface area contributed by atoms with Gasteiger partial charge >= 0.3 is 0 Å². The monoisotopic (exact) mass is 228 g/mol. The number of amides is 1. The first-order valence-electron chi connectivity index (χ1n) is 5.11. The van der Waals surface area contributed by atoms with E-state index < -0.39 is 0 Å². The van der Waals surface area contributed by atoms with Crippen molar-refractivity contribution in [2.45, 2.75) is 6.92 Å². The summed E-state index contributed by atoms with van der Waals surface area (Å²) in [5.41, 5.74) is 6.88. The van der Waals surface area contributed by atoms with E-state index in [9.17, 15) is 4.79 Å². The van der Waals surface area contributed by atoms with Gasteiger partial charge in [0.1, 0.15) is 11.6 Å². The molecule has 0 saturated heterocycles. The Morgan fingerprint density at radius 1 is 1.29 bits per heavy atom. The molecule has 17 heavy (non-hydrogen) atoms. The molecule has 2 aromatic rings. The number of carbonyl (C=O) groups is 1. The van der Waals surface area contributed by atoms with Crippen LogP contribution in [-0.2, 0) is 0 Å². The Morgan fingerprint density at radius 2 is 2.12 bits per heavy atom. The smallest absolute Gasteiger partial charge is 0.257 e. The second-order valence-corrected chi connectivity index (χ2v) is 3.59. The van der Waals surface area contributed by atoms with Crippen LogP contribution in [0.2, 0.25) is 0 Å². The van der Waals surface area contributed by atoms with Gasteiger partial charge in [-0.25, -0.2) is 9.97 Å². The Morgan fingerprint density at radius 3 is 2.82 bits per heavy atom. The van der Waals surface area contributed by atoms with Gasteiger partial charge in [-0.3, -0.25) is 4.79 Å². The Hall–Kier alpha value is -2.43. The van der Waals surface area contributed by atoms with E-state index in [2.05, 4.69) is 15.3 Å². The second kappa shape index (κ2) is 4.61. The van der Waals surface area contributed by atoms with Crippen molar-refractivity contribution < 1.29 is 4.79 Å². The van der Waals surface area contributed by atoms with E-state index in [1.165, 1.54) is 12.3 Å². The molecule has 0 saturated carbocycles. The van der Waals surface area contributed by atoms with Gasteiger partial charge in [0.25, 0.3) is 5.91 Å². The molecule has 0 spiro atoms. The quantitative estimate of drug-likeness (QED) is 0.818. The number of hydrogen-bond donors (Lipinski definition) is 2. The maximum atomic E-state index is 11.9. The van der Waals surface area contributed by atoms with Gasteiger partial charge < -0.3 is 11.1 Å². The molecule has 0 bridgehead atoms. The fraction of sp³-hybridized carbons (Fsp3) is 0.0833. The normalized spacial score (nSPS) is 9.94. The van der Waals surface area contributed by atoms with E-state index >= 15 is 0 Å². The molecule has 5 heteroatoms. The number of nitrogens with zero attached hydrogens (tertiary/aromatic N) is 2. The first-order valence-corrected chi connectivity index (χ1v) is 5.11. The van der Waals surface area contributed by atoms with Crippen molar-refractivity contribution in [2.24, 2.45) is 0 Å². The minimum Gasteiger partial charge on any atom is -0.384 e. The average molecular weight is 228 g/mol. The number of nitrogens with one attached hydrogen (secondary N) is 1. The largest absolute Gasteiger partial charge is 0.384 e. The molecule has 0 aliphatic rings. The Kier molecular flexibility index (Phi) is 3.00. The summed E-state index contributed by atoms with van der Waals surface area (Å²) in [5.74, 6) is 0.615. The fourth-order valence-corrected chi connectivity index (χ4v) is 1.39.